The minimum absolute atomic E-state index is 0. The van der Waals surface area contributed by atoms with Gasteiger partial charge >= 0.3 is 0 Å². The van der Waals surface area contributed by atoms with Gasteiger partial charge in [-0.2, -0.15) is 0 Å². The van der Waals surface area contributed by atoms with Crippen LogP contribution in [0.3, 0.4) is 0 Å². The Kier molecular flexibility index (Phi) is 12.7. The van der Waals surface area contributed by atoms with Gasteiger partial charge in [-0.15, -0.1) is 24.0 Å². The lowest BCUT2D eigenvalue weighted by Crippen LogP contribution is -2.41. The minimum Gasteiger partial charge on any atom is -0.489 e. The minimum atomic E-state index is 0. The first kappa shape index (κ1) is 23.0. The Bertz CT molecular complexity index is 482. The number of para-hydroxylation sites is 1. The summed E-state index contributed by atoms with van der Waals surface area (Å²) >= 11 is 0. The third-order valence-electron chi connectivity index (χ3n) is 3.60. The van der Waals surface area contributed by atoms with E-state index in [1.54, 1.807) is 0 Å². The standard InChI is InChI=1S/C18H32N4O.HI/c1-6-19-18(20-12-13-22(5)7-2)21-14-16(4)23-17-11-9-8-10-15(17)3;/h8-11,16H,6-7,12-14H2,1-5H3,(H2,19,20,21);1H. The Morgan fingerprint density at radius 3 is 2.58 bits per heavy atom. The second kappa shape index (κ2) is 13.3. The number of aliphatic imine (C=N–C) groups is 1. The molecule has 0 saturated heterocycles. The van der Waals surface area contributed by atoms with Crippen LogP contribution in [0.4, 0.5) is 0 Å². The van der Waals surface area contributed by atoms with Crippen molar-refractivity contribution in [2.75, 3.05) is 39.8 Å². The molecular weight excluding hydrogens is 415 g/mol. The molecule has 138 valence electrons. The Hall–Kier alpha value is -1.02. The summed E-state index contributed by atoms with van der Waals surface area (Å²) in [6, 6.07) is 8.07. The Balaban J connectivity index is 0.00000529. The molecule has 6 heteroatoms. The van der Waals surface area contributed by atoms with Crippen LogP contribution in [-0.2, 0) is 0 Å². The van der Waals surface area contributed by atoms with E-state index in [1.807, 2.05) is 25.1 Å². The number of rotatable bonds is 9. The van der Waals surface area contributed by atoms with E-state index in [-0.39, 0.29) is 30.1 Å². The second-order valence-electron chi connectivity index (χ2n) is 5.74. The molecule has 5 nitrogen and oxygen atoms in total. The smallest absolute Gasteiger partial charge is 0.191 e. The van der Waals surface area contributed by atoms with Gasteiger partial charge in [0.2, 0.25) is 0 Å². The largest absolute Gasteiger partial charge is 0.489 e. The van der Waals surface area contributed by atoms with Gasteiger partial charge < -0.3 is 20.3 Å². The molecule has 1 unspecified atom stereocenters. The molecule has 1 aromatic carbocycles. The highest BCUT2D eigenvalue weighted by atomic mass is 127. The Morgan fingerprint density at radius 2 is 1.96 bits per heavy atom. The van der Waals surface area contributed by atoms with Crippen molar-refractivity contribution in [1.82, 2.24) is 15.5 Å². The molecule has 0 aromatic heterocycles. The van der Waals surface area contributed by atoms with Crippen molar-refractivity contribution < 1.29 is 4.74 Å². The molecule has 1 aromatic rings. The molecular formula is C18H33IN4O. The molecule has 0 amide bonds. The molecule has 0 aliphatic rings. The highest BCUT2D eigenvalue weighted by Crippen LogP contribution is 2.17. The van der Waals surface area contributed by atoms with Crippen LogP contribution in [0.1, 0.15) is 26.3 Å². The van der Waals surface area contributed by atoms with Gasteiger partial charge in [0.15, 0.2) is 5.96 Å². The number of hydrogen-bond acceptors (Lipinski definition) is 3. The zero-order valence-corrected chi connectivity index (χ0v) is 18.0. The molecule has 1 atom stereocenters. The van der Waals surface area contributed by atoms with E-state index in [0.717, 1.165) is 43.5 Å². The fourth-order valence-electron chi connectivity index (χ4n) is 2.03. The molecule has 0 bridgehead atoms. The number of halogens is 1. The molecule has 0 radical (unpaired) electrons. The number of ether oxygens (including phenoxy) is 1. The maximum absolute atomic E-state index is 5.96. The van der Waals surface area contributed by atoms with Crippen LogP contribution in [0, 0.1) is 6.92 Å². The van der Waals surface area contributed by atoms with E-state index in [4.69, 9.17) is 4.74 Å². The van der Waals surface area contributed by atoms with Gasteiger partial charge in [0.25, 0.3) is 0 Å². The summed E-state index contributed by atoms with van der Waals surface area (Å²) in [6.45, 7) is 12.7. The van der Waals surface area contributed by atoms with Gasteiger partial charge in [-0.3, -0.25) is 0 Å². The number of likely N-dealkylation sites (N-methyl/N-ethyl adjacent to an activating group) is 1. The molecule has 0 spiro atoms. The van der Waals surface area contributed by atoms with Crippen molar-refractivity contribution >= 4 is 29.9 Å². The van der Waals surface area contributed by atoms with Gasteiger partial charge in [0.1, 0.15) is 11.9 Å². The molecule has 2 N–H and O–H groups in total. The van der Waals surface area contributed by atoms with Crippen LogP contribution in [0.2, 0.25) is 0 Å². The number of nitrogens with zero attached hydrogens (tertiary/aromatic N) is 2. The zero-order chi connectivity index (χ0) is 17.1. The Labute approximate surface area is 164 Å². The molecule has 0 aliphatic heterocycles. The monoisotopic (exact) mass is 448 g/mol. The molecule has 0 heterocycles. The van der Waals surface area contributed by atoms with Crippen molar-refractivity contribution in [1.29, 1.82) is 0 Å². The van der Waals surface area contributed by atoms with Gasteiger partial charge in [-0.25, -0.2) is 4.99 Å². The van der Waals surface area contributed by atoms with E-state index in [2.05, 4.69) is 54.4 Å². The van der Waals surface area contributed by atoms with E-state index in [9.17, 15) is 0 Å². The lowest BCUT2D eigenvalue weighted by Gasteiger charge is -2.18. The van der Waals surface area contributed by atoms with Crippen molar-refractivity contribution in [3.63, 3.8) is 0 Å². The fourth-order valence-corrected chi connectivity index (χ4v) is 2.03. The summed E-state index contributed by atoms with van der Waals surface area (Å²) in [7, 11) is 2.11. The fraction of sp³-hybridized carbons (Fsp3) is 0.611. The van der Waals surface area contributed by atoms with Gasteiger partial charge in [0.05, 0.1) is 6.54 Å². The summed E-state index contributed by atoms with van der Waals surface area (Å²) < 4.78 is 5.96. The lowest BCUT2D eigenvalue weighted by molar-refractivity contribution is 0.228. The molecule has 24 heavy (non-hydrogen) atoms. The van der Waals surface area contributed by atoms with Gasteiger partial charge in [0, 0.05) is 19.6 Å². The summed E-state index contributed by atoms with van der Waals surface area (Å²) in [6.07, 6.45) is 0.0323. The summed E-state index contributed by atoms with van der Waals surface area (Å²) in [5, 5.41) is 6.63. The van der Waals surface area contributed by atoms with Crippen LogP contribution in [-0.4, -0.2) is 56.7 Å². The maximum atomic E-state index is 5.96. The Morgan fingerprint density at radius 1 is 1.25 bits per heavy atom. The van der Waals surface area contributed by atoms with Crippen LogP contribution >= 0.6 is 24.0 Å². The van der Waals surface area contributed by atoms with Crippen LogP contribution in [0.15, 0.2) is 29.3 Å². The van der Waals surface area contributed by atoms with Crippen molar-refractivity contribution in [2.45, 2.75) is 33.8 Å². The lowest BCUT2D eigenvalue weighted by atomic mass is 10.2. The highest BCUT2D eigenvalue weighted by Gasteiger charge is 2.06. The first-order valence-electron chi connectivity index (χ1n) is 8.49. The van der Waals surface area contributed by atoms with Crippen molar-refractivity contribution in [2.24, 2.45) is 4.99 Å². The number of guanidine groups is 1. The number of hydrogen-bond donors (Lipinski definition) is 2. The first-order chi connectivity index (χ1) is 11.1. The first-order valence-corrected chi connectivity index (χ1v) is 8.49. The van der Waals surface area contributed by atoms with E-state index in [0.29, 0.717) is 6.54 Å². The highest BCUT2D eigenvalue weighted by molar-refractivity contribution is 14.0. The molecule has 0 fully saturated rings. The number of nitrogens with one attached hydrogen (secondary N) is 2. The zero-order valence-electron chi connectivity index (χ0n) is 15.6. The summed E-state index contributed by atoms with van der Waals surface area (Å²) in [5.41, 5.74) is 1.15. The third kappa shape index (κ3) is 9.32. The average Bonchev–Trinajstić information content (AvgIpc) is 2.54. The predicted octanol–water partition coefficient (Wildman–Crippen LogP) is 2.89. The van der Waals surface area contributed by atoms with Crippen LogP contribution in [0.5, 0.6) is 5.75 Å². The second-order valence-corrected chi connectivity index (χ2v) is 5.74. The summed E-state index contributed by atoms with van der Waals surface area (Å²) in [5.74, 6) is 1.77. The van der Waals surface area contributed by atoms with Gasteiger partial charge in [-0.05, 0) is 46.0 Å². The number of aryl methyl sites for hydroxylation is 1. The van der Waals surface area contributed by atoms with Crippen molar-refractivity contribution in [3.05, 3.63) is 29.8 Å². The maximum Gasteiger partial charge on any atom is 0.191 e. The number of benzene rings is 1. The topological polar surface area (TPSA) is 48.9 Å². The van der Waals surface area contributed by atoms with E-state index < -0.39 is 0 Å². The molecule has 1 rings (SSSR count). The van der Waals surface area contributed by atoms with Gasteiger partial charge in [-0.1, -0.05) is 25.1 Å². The van der Waals surface area contributed by atoms with Crippen molar-refractivity contribution in [3.8, 4) is 5.75 Å². The predicted molar refractivity (Wildman–Crippen MR) is 114 cm³/mol. The van der Waals surface area contributed by atoms with E-state index >= 15 is 0 Å². The average molecular weight is 448 g/mol. The molecule has 0 saturated carbocycles. The third-order valence-corrected chi connectivity index (χ3v) is 3.60. The van der Waals surface area contributed by atoms with E-state index in [1.165, 1.54) is 0 Å². The summed E-state index contributed by atoms with van der Waals surface area (Å²) in [4.78, 5) is 6.88. The molecule has 0 aliphatic carbocycles. The SMILES string of the molecule is CCNC(=NCC(C)Oc1ccccc1C)NCCN(C)CC.I. The normalized spacial score (nSPS) is 12.5. The van der Waals surface area contributed by atoms with Crippen LogP contribution in [0.25, 0.3) is 0 Å². The quantitative estimate of drug-likeness (QED) is 0.347. The van der Waals surface area contributed by atoms with Crippen LogP contribution < -0.4 is 15.4 Å².